The van der Waals surface area contributed by atoms with Gasteiger partial charge in [0.1, 0.15) is 24.0 Å². The lowest BCUT2D eigenvalue weighted by molar-refractivity contribution is 0.172. The van der Waals surface area contributed by atoms with E-state index in [-0.39, 0.29) is 0 Å². The summed E-state index contributed by atoms with van der Waals surface area (Å²) in [4.78, 5) is 8.01. The van der Waals surface area contributed by atoms with Gasteiger partial charge in [0, 0.05) is 19.2 Å². The molecule has 1 aliphatic heterocycles. The number of hydrogen-bond acceptors (Lipinski definition) is 6. The number of hydrogen-bond donors (Lipinski definition) is 2. The van der Waals surface area contributed by atoms with Gasteiger partial charge >= 0.3 is 0 Å². The van der Waals surface area contributed by atoms with Gasteiger partial charge in [-0.3, -0.25) is 0 Å². The molecule has 0 radical (unpaired) electrons. The van der Waals surface area contributed by atoms with Crippen LogP contribution in [0.25, 0.3) is 22.4 Å². The predicted octanol–water partition coefficient (Wildman–Crippen LogP) is 2.81. The topological polar surface area (TPSA) is 72.1 Å². The number of nitrogens with zero attached hydrogens (tertiary/aromatic N) is 2. The lowest BCUT2D eigenvalue weighted by atomic mass is 10.2. The average molecular weight is 302 g/mol. The number of imidazole rings is 1. The maximum atomic E-state index is 5.60. The first-order valence-electron chi connectivity index (χ1n) is 6.70. The van der Waals surface area contributed by atoms with Gasteiger partial charge < -0.3 is 19.8 Å². The van der Waals surface area contributed by atoms with Gasteiger partial charge in [-0.2, -0.15) is 4.37 Å². The van der Waals surface area contributed by atoms with Crippen molar-refractivity contribution in [1.29, 1.82) is 0 Å². The molecule has 6 nitrogen and oxygen atoms in total. The normalized spacial score (nSPS) is 13.6. The van der Waals surface area contributed by atoms with Crippen LogP contribution in [0.3, 0.4) is 0 Å². The zero-order valence-electron chi connectivity index (χ0n) is 11.7. The molecule has 2 aromatic heterocycles. The Labute approximate surface area is 125 Å². The Morgan fingerprint density at radius 3 is 2.76 bits per heavy atom. The van der Waals surface area contributed by atoms with Crippen molar-refractivity contribution in [2.24, 2.45) is 0 Å². The number of aromatic amines is 1. The van der Waals surface area contributed by atoms with E-state index >= 15 is 0 Å². The number of anilines is 1. The fourth-order valence-electron chi connectivity index (χ4n) is 2.48. The summed E-state index contributed by atoms with van der Waals surface area (Å²) >= 11 is 1.44. The van der Waals surface area contributed by atoms with Crippen LogP contribution in [0.4, 0.5) is 5.00 Å². The van der Waals surface area contributed by atoms with Crippen LogP contribution in [0.5, 0.6) is 11.5 Å². The van der Waals surface area contributed by atoms with Gasteiger partial charge in [0.05, 0.1) is 22.3 Å². The fraction of sp³-hybridized carbons (Fsp3) is 0.286. The smallest absolute Gasteiger partial charge is 0.163 e. The Bertz CT molecular complexity index is 781. The highest BCUT2D eigenvalue weighted by Crippen LogP contribution is 2.37. The average Bonchev–Trinajstić information content (AvgIpc) is 3.06. The van der Waals surface area contributed by atoms with E-state index in [1.807, 2.05) is 26.1 Å². The molecule has 0 saturated heterocycles. The minimum Gasteiger partial charge on any atom is -0.486 e. The lowest BCUT2D eigenvalue weighted by Gasteiger charge is -2.17. The number of fused-ring (bicyclic) bond motifs is 2. The molecule has 21 heavy (non-hydrogen) atoms. The third kappa shape index (κ3) is 1.92. The Morgan fingerprint density at radius 2 is 2.00 bits per heavy atom. The summed E-state index contributed by atoms with van der Waals surface area (Å²) in [6.07, 6.45) is 0. The van der Waals surface area contributed by atoms with E-state index in [1.54, 1.807) is 0 Å². The second-order valence-corrected chi connectivity index (χ2v) is 5.59. The fourth-order valence-corrected chi connectivity index (χ4v) is 3.23. The van der Waals surface area contributed by atoms with Gasteiger partial charge in [-0.15, -0.1) is 0 Å². The molecule has 3 heterocycles. The van der Waals surface area contributed by atoms with Gasteiger partial charge in [0.2, 0.25) is 0 Å². The molecule has 3 aromatic rings. The highest BCUT2D eigenvalue weighted by Gasteiger charge is 2.18. The molecule has 0 amide bonds. The van der Waals surface area contributed by atoms with Crippen LogP contribution in [0, 0.1) is 6.92 Å². The quantitative estimate of drug-likeness (QED) is 0.761. The van der Waals surface area contributed by atoms with Crippen molar-refractivity contribution < 1.29 is 9.47 Å². The zero-order valence-corrected chi connectivity index (χ0v) is 12.5. The van der Waals surface area contributed by atoms with E-state index in [1.165, 1.54) is 11.5 Å². The monoisotopic (exact) mass is 302 g/mol. The number of aryl methyl sites for hydroxylation is 1. The summed E-state index contributed by atoms with van der Waals surface area (Å²) in [6.45, 7) is 3.14. The summed E-state index contributed by atoms with van der Waals surface area (Å²) in [6, 6.07) is 3.85. The van der Waals surface area contributed by atoms with Gasteiger partial charge in [0.15, 0.2) is 11.5 Å². The number of ether oxygens (including phenoxy) is 2. The van der Waals surface area contributed by atoms with Crippen molar-refractivity contribution in [1.82, 2.24) is 14.3 Å². The van der Waals surface area contributed by atoms with Gasteiger partial charge in [-0.1, -0.05) is 0 Å². The molecule has 7 heteroatoms. The molecule has 0 unspecified atom stereocenters. The minimum absolute atomic E-state index is 0.577. The van der Waals surface area contributed by atoms with E-state index in [2.05, 4.69) is 19.7 Å². The number of rotatable bonds is 2. The number of nitrogens with one attached hydrogen (secondary N) is 2. The zero-order chi connectivity index (χ0) is 14.4. The van der Waals surface area contributed by atoms with Crippen molar-refractivity contribution in [2.75, 3.05) is 25.6 Å². The van der Waals surface area contributed by atoms with Crippen LogP contribution in [-0.4, -0.2) is 34.6 Å². The first kappa shape index (κ1) is 12.5. The molecule has 0 spiro atoms. The molecular weight excluding hydrogens is 288 g/mol. The van der Waals surface area contributed by atoms with Gasteiger partial charge in [-0.25, -0.2) is 4.98 Å². The SMILES string of the molecule is CNc1snc(C)c1-c1nc2cc3c(cc2[nH]1)OCCO3. The summed E-state index contributed by atoms with van der Waals surface area (Å²) in [5, 5.41) is 4.16. The van der Waals surface area contributed by atoms with E-state index in [4.69, 9.17) is 9.47 Å². The Balaban J connectivity index is 1.89. The summed E-state index contributed by atoms with van der Waals surface area (Å²) in [5.74, 6) is 2.32. The summed E-state index contributed by atoms with van der Waals surface area (Å²) < 4.78 is 15.6. The van der Waals surface area contributed by atoms with Crippen LogP contribution >= 0.6 is 11.5 Å². The highest BCUT2D eigenvalue weighted by atomic mass is 32.1. The molecule has 0 bridgehead atoms. The molecule has 4 rings (SSSR count). The summed E-state index contributed by atoms with van der Waals surface area (Å²) in [7, 11) is 1.89. The maximum Gasteiger partial charge on any atom is 0.163 e. The largest absolute Gasteiger partial charge is 0.486 e. The van der Waals surface area contributed by atoms with E-state index < -0.39 is 0 Å². The number of benzene rings is 1. The molecule has 0 saturated carbocycles. The third-order valence-electron chi connectivity index (χ3n) is 3.47. The van der Waals surface area contributed by atoms with Crippen molar-refractivity contribution in [3.8, 4) is 22.9 Å². The highest BCUT2D eigenvalue weighted by molar-refractivity contribution is 7.10. The maximum absolute atomic E-state index is 5.60. The molecule has 0 fully saturated rings. The van der Waals surface area contributed by atoms with Crippen LogP contribution in [-0.2, 0) is 0 Å². The van der Waals surface area contributed by atoms with Gasteiger partial charge in [0.25, 0.3) is 0 Å². The van der Waals surface area contributed by atoms with E-state index in [0.29, 0.717) is 13.2 Å². The molecule has 1 aliphatic rings. The lowest BCUT2D eigenvalue weighted by Crippen LogP contribution is -2.15. The van der Waals surface area contributed by atoms with E-state index in [9.17, 15) is 0 Å². The first-order chi connectivity index (χ1) is 10.3. The van der Waals surface area contributed by atoms with Crippen LogP contribution in [0.2, 0.25) is 0 Å². The second kappa shape index (κ2) is 4.63. The molecule has 2 N–H and O–H groups in total. The van der Waals surface area contributed by atoms with Crippen LogP contribution < -0.4 is 14.8 Å². The number of aromatic nitrogens is 3. The van der Waals surface area contributed by atoms with Crippen LogP contribution in [0.15, 0.2) is 12.1 Å². The van der Waals surface area contributed by atoms with Crippen molar-refractivity contribution in [3.63, 3.8) is 0 Å². The first-order valence-corrected chi connectivity index (χ1v) is 7.47. The third-order valence-corrected chi connectivity index (χ3v) is 4.43. The second-order valence-electron chi connectivity index (χ2n) is 4.82. The predicted molar refractivity (Wildman–Crippen MR) is 82.5 cm³/mol. The van der Waals surface area contributed by atoms with Crippen LogP contribution in [0.1, 0.15) is 5.69 Å². The molecule has 0 aliphatic carbocycles. The van der Waals surface area contributed by atoms with E-state index in [0.717, 1.165) is 44.6 Å². The van der Waals surface area contributed by atoms with Crippen molar-refractivity contribution >= 4 is 27.6 Å². The number of H-pyrrole nitrogens is 1. The minimum atomic E-state index is 0.577. The van der Waals surface area contributed by atoms with Gasteiger partial charge in [-0.05, 0) is 18.5 Å². The van der Waals surface area contributed by atoms with Crippen molar-refractivity contribution in [3.05, 3.63) is 17.8 Å². The summed E-state index contributed by atoms with van der Waals surface area (Å²) in [5.41, 5.74) is 3.77. The molecule has 0 atom stereocenters. The Morgan fingerprint density at radius 1 is 1.24 bits per heavy atom. The molecule has 108 valence electrons. The molecule has 1 aromatic carbocycles. The standard InChI is InChI=1S/C14H14N4O2S/c1-7-12(14(15-2)21-18-7)13-16-8-5-10-11(6-9(8)17-13)20-4-3-19-10/h5-6,15H,3-4H2,1-2H3,(H,16,17). The molecular formula is C14H14N4O2S. The Kier molecular flexibility index (Phi) is 2.75. The Hall–Kier alpha value is -2.28. The van der Waals surface area contributed by atoms with Crippen molar-refractivity contribution in [2.45, 2.75) is 6.92 Å².